The molecule has 1 rings (SSSR count). The molecule has 80 valence electrons. The number of rotatable bonds is 4. The van der Waals surface area contributed by atoms with Gasteiger partial charge in [0.25, 0.3) is 0 Å². The van der Waals surface area contributed by atoms with E-state index >= 15 is 0 Å². The van der Waals surface area contributed by atoms with Crippen molar-refractivity contribution in [1.29, 1.82) is 0 Å². The molecular weight excluding hydrogens is 180 g/mol. The molecule has 1 aliphatic rings. The third-order valence-electron chi connectivity index (χ3n) is 2.62. The van der Waals surface area contributed by atoms with E-state index in [1.165, 1.54) is 0 Å². The summed E-state index contributed by atoms with van der Waals surface area (Å²) in [7, 11) is 1.64. The van der Waals surface area contributed by atoms with Gasteiger partial charge in [-0.25, -0.2) is 0 Å². The number of ketones is 1. The summed E-state index contributed by atoms with van der Waals surface area (Å²) in [5, 5.41) is 0. The number of carbonyl (C=O) groups excluding carboxylic acids is 1. The van der Waals surface area contributed by atoms with E-state index in [4.69, 9.17) is 9.47 Å². The zero-order valence-corrected chi connectivity index (χ0v) is 8.91. The molecule has 1 unspecified atom stereocenters. The highest BCUT2D eigenvalue weighted by atomic mass is 16.7. The lowest BCUT2D eigenvalue weighted by molar-refractivity contribution is -0.143. The van der Waals surface area contributed by atoms with Crippen LogP contribution in [-0.2, 0) is 14.3 Å². The van der Waals surface area contributed by atoms with E-state index in [1.807, 2.05) is 0 Å². The van der Waals surface area contributed by atoms with Crippen LogP contribution in [0.25, 0.3) is 0 Å². The van der Waals surface area contributed by atoms with Gasteiger partial charge in [-0.15, -0.1) is 0 Å². The van der Waals surface area contributed by atoms with E-state index in [1.54, 1.807) is 14.0 Å². The predicted octanol–water partition coefficient (Wildman–Crippen LogP) is 1.92. The molecule has 0 aromatic carbocycles. The van der Waals surface area contributed by atoms with Crippen LogP contribution in [0, 0.1) is 5.92 Å². The monoisotopic (exact) mass is 198 g/mol. The first-order chi connectivity index (χ1) is 6.63. The first kappa shape index (κ1) is 11.4. The second-order valence-electron chi connectivity index (χ2n) is 3.81. The first-order valence-electron chi connectivity index (χ1n) is 4.95. The summed E-state index contributed by atoms with van der Waals surface area (Å²) in [5.74, 6) is 0.607. The van der Waals surface area contributed by atoms with Gasteiger partial charge in [0.2, 0.25) is 0 Å². The molecule has 14 heavy (non-hydrogen) atoms. The Hall–Kier alpha value is -0.670. The molecule has 0 aromatic rings. The fourth-order valence-corrected chi connectivity index (χ4v) is 1.65. The van der Waals surface area contributed by atoms with Crippen molar-refractivity contribution >= 4 is 5.78 Å². The lowest BCUT2D eigenvalue weighted by atomic mass is 9.89. The maximum atomic E-state index is 10.9. The number of methoxy groups -OCH3 is 1. The molecule has 1 fully saturated rings. The molecule has 0 aromatic heterocycles. The van der Waals surface area contributed by atoms with Crippen molar-refractivity contribution in [2.75, 3.05) is 13.7 Å². The summed E-state index contributed by atoms with van der Waals surface area (Å²) < 4.78 is 10.5. The predicted molar refractivity (Wildman–Crippen MR) is 53.9 cm³/mol. The van der Waals surface area contributed by atoms with Crippen LogP contribution in [0.15, 0.2) is 12.2 Å². The van der Waals surface area contributed by atoms with Crippen molar-refractivity contribution in [3.8, 4) is 0 Å². The topological polar surface area (TPSA) is 35.5 Å². The van der Waals surface area contributed by atoms with Gasteiger partial charge >= 0.3 is 0 Å². The lowest BCUT2D eigenvalue weighted by Crippen LogP contribution is -2.29. The van der Waals surface area contributed by atoms with Gasteiger partial charge in [-0.2, -0.15) is 0 Å². The normalized spacial score (nSPS) is 27.7. The number of ether oxygens (including phenoxy) is 2. The number of Topliss-reactive ketones (excluding diaryl/α,β-unsaturated/α-hetero) is 1. The Bertz CT molecular complexity index is 223. The fourth-order valence-electron chi connectivity index (χ4n) is 1.65. The number of hydrogen-bond donors (Lipinski definition) is 0. The Morgan fingerprint density at radius 3 is 3.00 bits per heavy atom. The van der Waals surface area contributed by atoms with E-state index in [0.29, 0.717) is 18.9 Å². The quantitative estimate of drug-likeness (QED) is 0.647. The van der Waals surface area contributed by atoms with Gasteiger partial charge < -0.3 is 14.3 Å². The van der Waals surface area contributed by atoms with Crippen molar-refractivity contribution in [1.82, 2.24) is 0 Å². The summed E-state index contributed by atoms with van der Waals surface area (Å²) in [6.07, 6.45) is 2.19. The molecule has 1 saturated heterocycles. The van der Waals surface area contributed by atoms with Gasteiger partial charge in [0, 0.05) is 20.0 Å². The van der Waals surface area contributed by atoms with Crippen molar-refractivity contribution in [3.63, 3.8) is 0 Å². The molecule has 0 radical (unpaired) electrons. The molecule has 3 nitrogen and oxygen atoms in total. The van der Waals surface area contributed by atoms with Crippen LogP contribution in [0.5, 0.6) is 0 Å². The minimum absolute atomic E-state index is 0.127. The fraction of sp³-hybridized carbons (Fsp3) is 0.727. The molecule has 0 spiro atoms. The number of hydrogen-bond acceptors (Lipinski definition) is 3. The molecule has 0 saturated carbocycles. The summed E-state index contributed by atoms with van der Waals surface area (Å²) in [6, 6.07) is 0. The first-order valence-corrected chi connectivity index (χ1v) is 4.95. The smallest absolute Gasteiger partial charge is 0.158 e. The average Bonchev–Trinajstić information content (AvgIpc) is 2.16. The van der Waals surface area contributed by atoms with Crippen LogP contribution in [0.3, 0.4) is 0 Å². The van der Waals surface area contributed by atoms with Gasteiger partial charge in [-0.05, 0) is 24.8 Å². The van der Waals surface area contributed by atoms with Crippen molar-refractivity contribution in [3.05, 3.63) is 12.2 Å². The lowest BCUT2D eigenvalue weighted by Gasteiger charge is -2.30. The van der Waals surface area contributed by atoms with E-state index in [2.05, 4.69) is 6.58 Å². The van der Waals surface area contributed by atoms with Crippen LogP contribution >= 0.6 is 0 Å². The third kappa shape index (κ3) is 3.24. The standard InChI is InChI=1S/C11H18O3/c1-8-7-14-11(13-3)6-10(8)5-4-9(2)12/h10-11H,1,4-7H2,2-3H3/t10-,11?/m0/s1. The van der Waals surface area contributed by atoms with Crippen molar-refractivity contribution in [2.45, 2.75) is 32.5 Å². The summed E-state index contributed by atoms with van der Waals surface area (Å²) in [5.41, 5.74) is 1.08. The van der Waals surface area contributed by atoms with Gasteiger partial charge in [-0.1, -0.05) is 6.58 Å². The third-order valence-corrected chi connectivity index (χ3v) is 2.62. The minimum atomic E-state index is -0.127. The number of carbonyl (C=O) groups is 1. The molecule has 2 atom stereocenters. The molecule has 0 N–H and O–H groups in total. The van der Waals surface area contributed by atoms with E-state index in [9.17, 15) is 4.79 Å². The average molecular weight is 198 g/mol. The van der Waals surface area contributed by atoms with E-state index in [0.717, 1.165) is 18.4 Å². The highest BCUT2D eigenvalue weighted by molar-refractivity contribution is 5.75. The molecule has 3 heteroatoms. The zero-order valence-electron chi connectivity index (χ0n) is 8.91. The molecule has 1 heterocycles. The van der Waals surface area contributed by atoms with Crippen LogP contribution in [0.2, 0.25) is 0 Å². The summed E-state index contributed by atoms with van der Waals surface area (Å²) >= 11 is 0. The summed E-state index contributed by atoms with van der Waals surface area (Å²) in [4.78, 5) is 10.9. The van der Waals surface area contributed by atoms with Crippen LogP contribution < -0.4 is 0 Å². The SMILES string of the molecule is C=C1COC(OC)C[C@@H]1CCC(C)=O. The van der Waals surface area contributed by atoms with Crippen LogP contribution in [0.4, 0.5) is 0 Å². The molecule has 0 bridgehead atoms. The van der Waals surface area contributed by atoms with E-state index < -0.39 is 0 Å². The maximum Gasteiger partial charge on any atom is 0.158 e. The minimum Gasteiger partial charge on any atom is -0.356 e. The second kappa shape index (κ2) is 5.27. The molecule has 1 aliphatic heterocycles. The van der Waals surface area contributed by atoms with Gasteiger partial charge in [0.1, 0.15) is 5.78 Å². The van der Waals surface area contributed by atoms with Crippen LogP contribution in [-0.4, -0.2) is 25.8 Å². The van der Waals surface area contributed by atoms with E-state index in [-0.39, 0.29) is 12.1 Å². The Morgan fingerprint density at radius 2 is 2.43 bits per heavy atom. The highest BCUT2D eigenvalue weighted by Crippen LogP contribution is 2.28. The molecule has 0 amide bonds. The largest absolute Gasteiger partial charge is 0.356 e. The van der Waals surface area contributed by atoms with Gasteiger partial charge in [0.15, 0.2) is 6.29 Å². The Kier molecular flexibility index (Phi) is 4.29. The summed E-state index contributed by atoms with van der Waals surface area (Å²) in [6.45, 7) is 6.13. The van der Waals surface area contributed by atoms with Crippen LogP contribution in [0.1, 0.15) is 26.2 Å². The molecular formula is C11H18O3. The Labute approximate surface area is 85.1 Å². The van der Waals surface area contributed by atoms with Gasteiger partial charge in [0.05, 0.1) is 6.61 Å². The highest BCUT2D eigenvalue weighted by Gasteiger charge is 2.25. The Balaban J connectivity index is 2.40. The van der Waals surface area contributed by atoms with Crippen molar-refractivity contribution in [2.24, 2.45) is 5.92 Å². The zero-order chi connectivity index (χ0) is 10.6. The molecule has 0 aliphatic carbocycles. The Morgan fingerprint density at radius 1 is 1.71 bits per heavy atom. The van der Waals surface area contributed by atoms with Crippen molar-refractivity contribution < 1.29 is 14.3 Å². The maximum absolute atomic E-state index is 10.9. The second-order valence-corrected chi connectivity index (χ2v) is 3.81. The van der Waals surface area contributed by atoms with Gasteiger partial charge in [-0.3, -0.25) is 0 Å².